The van der Waals surface area contributed by atoms with E-state index in [9.17, 15) is 14.7 Å². The molecule has 0 spiro atoms. The standard InChI is InChI=1S/C20H25N7O3S/c1-11(31-2)15-7-13-10-27(20(30)26-17(13)25-15)14-5-3-12(4-6-14)8-23-18(29)16(28)9-24-19(21)22/h3-7,10-11,16,28H,8-9H2,1-2H3,(H,23,29)(H4,21,22,24)(H,25,26,30). The Labute approximate surface area is 182 Å². The van der Waals surface area contributed by atoms with E-state index in [4.69, 9.17) is 11.5 Å². The molecule has 2 aromatic heterocycles. The number of thioether (sulfide) groups is 1. The van der Waals surface area contributed by atoms with Crippen molar-refractivity contribution >= 4 is 34.7 Å². The molecule has 0 fully saturated rings. The molecule has 1 aromatic carbocycles. The predicted molar refractivity (Wildman–Crippen MR) is 122 cm³/mol. The van der Waals surface area contributed by atoms with Crippen LogP contribution in [0.1, 0.15) is 23.4 Å². The van der Waals surface area contributed by atoms with Crippen LogP contribution < -0.4 is 22.5 Å². The Kier molecular flexibility index (Phi) is 6.98. The largest absolute Gasteiger partial charge is 0.381 e. The Hall–Kier alpha value is -3.31. The lowest BCUT2D eigenvalue weighted by Gasteiger charge is -2.10. The molecule has 11 heteroatoms. The van der Waals surface area contributed by atoms with Crippen molar-refractivity contribution in [3.05, 3.63) is 58.3 Å². The molecule has 0 aliphatic rings. The highest BCUT2D eigenvalue weighted by atomic mass is 32.2. The first-order valence-corrected chi connectivity index (χ1v) is 10.8. The monoisotopic (exact) mass is 443 g/mol. The summed E-state index contributed by atoms with van der Waals surface area (Å²) in [4.78, 5) is 35.3. The lowest BCUT2D eigenvalue weighted by atomic mass is 10.2. The second-order valence-corrected chi connectivity index (χ2v) is 8.14. The van der Waals surface area contributed by atoms with Gasteiger partial charge < -0.3 is 26.9 Å². The maximum Gasteiger partial charge on any atom is 0.354 e. The van der Waals surface area contributed by atoms with E-state index in [1.807, 2.05) is 12.3 Å². The number of nitrogens with one attached hydrogen (secondary N) is 2. The molecule has 0 saturated carbocycles. The number of aliphatic hydroxyl groups excluding tert-OH is 1. The number of carbonyl (C=O) groups excluding carboxylic acids is 1. The smallest absolute Gasteiger partial charge is 0.354 e. The van der Waals surface area contributed by atoms with Crippen molar-refractivity contribution < 1.29 is 9.90 Å². The number of amides is 1. The number of aromatic amines is 1. The number of aliphatic imine (C=N–C) groups is 1. The van der Waals surface area contributed by atoms with Gasteiger partial charge in [-0.3, -0.25) is 14.4 Å². The van der Waals surface area contributed by atoms with Crippen molar-refractivity contribution in [3.63, 3.8) is 0 Å². The van der Waals surface area contributed by atoms with Crippen molar-refractivity contribution in [2.24, 2.45) is 16.5 Å². The first-order chi connectivity index (χ1) is 14.8. The van der Waals surface area contributed by atoms with Crippen LogP contribution in [0.3, 0.4) is 0 Å². The average Bonchev–Trinajstić information content (AvgIpc) is 3.17. The van der Waals surface area contributed by atoms with E-state index in [1.165, 1.54) is 4.57 Å². The van der Waals surface area contributed by atoms with E-state index in [2.05, 4.69) is 27.2 Å². The summed E-state index contributed by atoms with van der Waals surface area (Å²) in [5.41, 5.74) is 13.0. The fourth-order valence-electron chi connectivity index (χ4n) is 2.90. The molecule has 3 rings (SSSR count). The highest BCUT2D eigenvalue weighted by Gasteiger charge is 2.14. The van der Waals surface area contributed by atoms with Gasteiger partial charge in [-0.1, -0.05) is 12.1 Å². The van der Waals surface area contributed by atoms with E-state index in [-0.39, 0.29) is 30.0 Å². The number of hydrogen-bond donors (Lipinski definition) is 5. The normalized spacial score (nSPS) is 13.0. The number of aromatic nitrogens is 3. The summed E-state index contributed by atoms with van der Waals surface area (Å²) in [5.74, 6) is -0.775. The van der Waals surface area contributed by atoms with Gasteiger partial charge in [-0.25, -0.2) is 4.79 Å². The van der Waals surface area contributed by atoms with Crippen LogP contribution in [0.15, 0.2) is 46.3 Å². The summed E-state index contributed by atoms with van der Waals surface area (Å²) < 4.78 is 1.48. The first kappa shape index (κ1) is 22.4. The molecule has 10 nitrogen and oxygen atoms in total. The van der Waals surface area contributed by atoms with Gasteiger partial charge >= 0.3 is 5.69 Å². The van der Waals surface area contributed by atoms with E-state index in [0.717, 1.165) is 16.6 Å². The van der Waals surface area contributed by atoms with E-state index >= 15 is 0 Å². The van der Waals surface area contributed by atoms with Crippen LogP contribution in [0.5, 0.6) is 0 Å². The van der Waals surface area contributed by atoms with Crippen LogP contribution >= 0.6 is 11.8 Å². The number of aliphatic hydroxyl groups is 1. The van der Waals surface area contributed by atoms with Crippen LogP contribution in [0.25, 0.3) is 16.7 Å². The van der Waals surface area contributed by atoms with Gasteiger partial charge in [-0.2, -0.15) is 16.7 Å². The van der Waals surface area contributed by atoms with Crippen molar-refractivity contribution in [2.75, 3.05) is 12.8 Å². The van der Waals surface area contributed by atoms with E-state index in [1.54, 1.807) is 42.2 Å². The van der Waals surface area contributed by atoms with Gasteiger partial charge in [0.15, 0.2) is 12.1 Å². The summed E-state index contributed by atoms with van der Waals surface area (Å²) in [6.45, 7) is 2.08. The van der Waals surface area contributed by atoms with Gasteiger partial charge in [0.2, 0.25) is 0 Å². The number of H-pyrrole nitrogens is 1. The summed E-state index contributed by atoms with van der Waals surface area (Å²) in [6, 6.07) is 9.10. The summed E-state index contributed by atoms with van der Waals surface area (Å²) in [5, 5.41) is 13.5. The lowest BCUT2D eigenvalue weighted by Crippen LogP contribution is -2.37. The van der Waals surface area contributed by atoms with E-state index < -0.39 is 12.0 Å². The molecule has 0 radical (unpaired) electrons. The molecular formula is C20H25N7O3S. The number of nitrogens with two attached hydrogens (primary N) is 2. The molecule has 2 unspecified atom stereocenters. The maximum atomic E-state index is 12.5. The molecule has 3 aromatic rings. The zero-order valence-electron chi connectivity index (χ0n) is 17.2. The zero-order valence-corrected chi connectivity index (χ0v) is 18.0. The number of hydrogen-bond acceptors (Lipinski definition) is 6. The number of guanidine groups is 1. The summed E-state index contributed by atoms with van der Waals surface area (Å²) in [6.07, 6.45) is 2.45. The molecule has 0 saturated heterocycles. The van der Waals surface area contributed by atoms with Crippen LogP contribution in [0.2, 0.25) is 0 Å². The average molecular weight is 444 g/mol. The molecule has 0 aliphatic carbocycles. The van der Waals surface area contributed by atoms with Crippen molar-refractivity contribution in [1.82, 2.24) is 19.9 Å². The Bertz CT molecular complexity index is 1150. The number of carbonyl (C=O) groups is 1. The quantitative estimate of drug-likeness (QED) is 0.248. The van der Waals surface area contributed by atoms with Crippen molar-refractivity contribution in [1.29, 1.82) is 0 Å². The fraction of sp³-hybridized carbons (Fsp3) is 0.300. The zero-order chi connectivity index (χ0) is 22.5. The highest BCUT2D eigenvalue weighted by Crippen LogP contribution is 2.27. The minimum absolute atomic E-state index is 0.194. The second kappa shape index (κ2) is 9.67. The number of fused-ring (bicyclic) bond motifs is 1. The van der Waals surface area contributed by atoms with Gasteiger partial charge in [0.25, 0.3) is 5.91 Å². The van der Waals surface area contributed by atoms with Gasteiger partial charge in [0.05, 0.1) is 12.2 Å². The fourth-order valence-corrected chi connectivity index (χ4v) is 3.28. The Morgan fingerprint density at radius 3 is 2.71 bits per heavy atom. The number of benzene rings is 1. The predicted octanol–water partition coefficient (Wildman–Crippen LogP) is 0.388. The lowest BCUT2D eigenvalue weighted by molar-refractivity contribution is -0.128. The molecule has 31 heavy (non-hydrogen) atoms. The third-order valence-corrected chi connectivity index (χ3v) is 5.71. The highest BCUT2D eigenvalue weighted by molar-refractivity contribution is 7.98. The Morgan fingerprint density at radius 1 is 1.35 bits per heavy atom. The number of nitrogens with zero attached hydrogens (tertiary/aromatic N) is 3. The van der Waals surface area contributed by atoms with Crippen LogP contribution in [0, 0.1) is 0 Å². The molecule has 1 amide bonds. The maximum absolute atomic E-state index is 12.5. The van der Waals surface area contributed by atoms with Gasteiger partial charge in [0, 0.05) is 29.1 Å². The third-order valence-electron chi connectivity index (χ3n) is 4.75. The van der Waals surface area contributed by atoms with Crippen LogP contribution in [-0.2, 0) is 11.3 Å². The first-order valence-electron chi connectivity index (χ1n) is 9.54. The van der Waals surface area contributed by atoms with Crippen molar-refractivity contribution in [3.8, 4) is 5.69 Å². The van der Waals surface area contributed by atoms with Crippen molar-refractivity contribution in [2.45, 2.75) is 24.8 Å². The number of rotatable bonds is 8. The van der Waals surface area contributed by atoms with Crippen LogP contribution in [-0.4, -0.2) is 50.4 Å². The Balaban J connectivity index is 1.71. The van der Waals surface area contributed by atoms with E-state index in [0.29, 0.717) is 11.3 Å². The molecular weight excluding hydrogens is 418 g/mol. The van der Waals surface area contributed by atoms with Gasteiger partial charge in [-0.05, 0) is 36.9 Å². The topological polar surface area (TPSA) is 164 Å². The minimum Gasteiger partial charge on any atom is -0.381 e. The molecule has 2 atom stereocenters. The second-order valence-electron chi connectivity index (χ2n) is 6.97. The Morgan fingerprint density at radius 2 is 2.06 bits per heavy atom. The van der Waals surface area contributed by atoms with Crippen LogP contribution in [0.4, 0.5) is 0 Å². The minimum atomic E-state index is -1.34. The summed E-state index contributed by atoms with van der Waals surface area (Å²) >= 11 is 1.70. The molecule has 7 N–H and O–H groups in total. The molecule has 164 valence electrons. The third kappa shape index (κ3) is 5.44. The molecule has 0 aliphatic heterocycles. The van der Waals surface area contributed by atoms with Gasteiger partial charge in [0.1, 0.15) is 5.65 Å². The van der Waals surface area contributed by atoms with Gasteiger partial charge in [-0.15, -0.1) is 0 Å². The SMILES string of the molecule is CSC(C)c1cc2cn(-c3ccc(CNC(=O)C(O)CN=C(N)N)cc3)c(=O)nc2[nH]1. The molecule has 0 bridgehead atoms. The summed E-state index contributed by atoms with van der Waals surface area (Å²) in [7, 11) is 0. The molecule has 2 heterocycles.